The van der Waals surface area contributed by atoms with Crippen molar-refractivity contribution in [3.05, 3.63) is 65.7 Å². The van der Waals surface area contributed by atoms with Crippen LogP contribution in [0.5, 0.6) is 0 Å². The molecule has 5 nitrogen and oxygen atoms in total. The minimum Gasteiger partial charge on any atom is -0.444 e. The summed E-state index contributed by atoms with van der Waals surface area (Å²) >= 11 is 0. The average Bonchev–Trinajstić information content (AvgIpc) is 2.56. The second kappa shape index (κ2) is 8.04. The van der Waals surface area contributed by atoms with Gasteiger partial charge in [0.15, 0.2) is 0 Å². The van der Waals surface area contributed by atoms with Gasteiger partial charge in [0.05, 0.1) is 0 Å². The lowest BCUT2D eigenvalue weighted by Gasteiger charge is -2.30. The fourth-order valence-electron chi connectivity index (χ4n) is 2.54. The van der Waals surface area contributed by atoms with E-state index in [0.717, 1.165) is 11.3 Å². The summed E-state index contributed by atoms with van der Waals surface area (Å²) in [6.45, 7) is 7.31. The van der Waals surface area contributed by atoms with Gasteiger partial charge in [0, 0.05) is 12.7 Å². The number of likely N-dealkylation sites (N-methyl/N-ethyl adjacent to an activating group) is 1. The molecule has 0 aromatic heterocycles. The molecule has 0 saturated heterocycles. The Morgan fingerprint density at radius 2 is 1.58 bits per heavy atom. The lowest BCUT2D eigenvalue weighted by atomic mass is 10.0. The van der Waals surface area contributed by atoms with Crippen LogP contribution in [0.1, 0.15) is 37.9 Å². The maximum atomic E-state index is 13.0. The number of nitrogens with one attached hydrogen (secondary N) is 1. The summed E-state index contributed by atoms with van der Waals surface area (Å²) in [7, 11) is 1.57. The Bertz CT molecular complexity index is 766. The van der Waals surface area contributed by atoms with Crippen molar-refractivity contribution in [2.75, 3.05) is 12.4 Å². The van der Waals surface area contributed by atoms with Crippen molar-refractivity contribution in [3.63, 3.8) is 0 Å². The van der Waals surface area contributed by atoms with Crippen molar-refractivity contribution in [1.29, 1.82) is 0 Å². The predicted molar refractivity (Wildman–Crippen MR) is 103 cm³/mol. The number of para-hydroxylation sites is 1. The van der Waals surface area contributed by atoms with E-state index in [0.29, 0.717) is 5.56 Å². The molecule has 0 heterocycles. The number of aryl methyl sites for hydroxylation is 1. The van der Waals surface area contributed by atoms with Crippen molar-refractivity contribution in [2.24, 2.45) is 0 Å². The number of anilines is 1. The highest BCUT2D eigenvalue weighted by Crippen LogP contribution is 2.24. The Morgan fingerprint density at radius 1 is 1.00 bits per heavy atom. The van der Waals surface area contributed by atoms with Crippen LogP contribution in [0.15, 0.2) is 54.6 Å². The number of benzene rings is 2. The highest BCUT2D eigenvalue weighted by molar-refractivity contribution is 5.97. The molecule has 1 unspecified atom stereocenters. The van der Waals surface area contributed by atoms with Crippen molar-refractivity contribution in [1.82, 2.24) is 4.90 Å². The monoisotopic (exact) mass is 354 g/mol. The summed E-state index contributed by atoms with van der Waals surface area (Å²) in [4.78, 5) is 26.9. The van der Waals surface area contributed by atoms with E-state index in [1.54, 1.807) is 27.8 Å². The molecule has 0 fully saturated rings. The fourth-order valence-corrected chi connectivity index (χ4v) is 2.54. The zero-order chi connectivity index (χ0) is 19.3. The Morgan fingerprint density at radius 3 is 2.15 bits per heavy atom. The molecular weight excluding hydrogens is 328 g/mol. The van der Waals surface area contributed by atoms with E-state index in [1.807, 2.05) is 61.5 Å². The van der Waals surface area contributed by atoms with Gasteiger partial charge in [-0.05, 0) is 44.9 Å². The van der Waals surface area contributed by atoms with Gasteiger partial charge in [0.25, 0.3) is 5.91 Å². The topological polar surface area (TPSA) is 58.6 Å². The summed E-state index contributed by atoms with van der Waals surface area (Å²) < 4.78 is 5.43. The first kappa shape index (κ1) is 19.5. The van der Waals surface area contributed by atoms with Crippen molar-refractivity contribution < 1.29 is 14.3 Å². The zero-order valence-corrected chi connectivity index (χ0v) is 15.9. The number of carbonyl (C=O) groups excluding carboxylic acids is 2. The molecule has 138 valence electrons. The van der Waals surface area contributed by atoms with Crippen LogP contribution in [0.2, 0.25) is 0 Å². The van der Waals surface area contributed by atoms with Gasteiger partial charge in [0.2, 0.25) is 0 Å². The molecule has 0 saturated carbocycles. The molecule has 1 atom stereocenters. The molecule has 0 aliphatic carbocycles. The lowest BCUT2D eigenvalue weighted by molar-refractivity contribution is -0.121. The molecule has 2 aromatic rings. The normalized spacial score (nSPS) is 12.2. The van der Waals surface area contributed by atoms with Crippen LogP contribution in [0.3, 0.4) is 0 Å². The van der Waals surface area contributed by atoms with Crippen LogP contribution < -0.4 is 5.32 Å². The van der Waals surface area contributed by atoms with Crippen LogP contribution in [0, 0.1) is 6.92 Å². The number of hydrogen-bond donors (Lipinski definition) is 1. The third-order valence-electron chi connectivity index (χ3n) is 3.84. The van der Waals surface area contributed by atoms with E-state index in [2.05, 4.69) is 5.32 Å². The second-order valence-corrected chi connectivity index (χ2v) is 7.21. The van der Waals surface area contributed by atoms with Gasteiger partial charge in [-0.15, -0.1) is 0 Å². The summed E-state index contributed by atoms with van der Waals surface area (Å²) in [5.41, 5.74) is 1.74. The number of ether oxygens (including phenoxy) is 1. The Labute approximate surface area is 155 Å². The van der Waals surface area contributed by atoms with Crippen molar-refractivity contribution in [2.45, 2.75) is 39.3 Å². The van der Waals surface area contributed by atoms with E-state index in [4.69, 9.17) is 4.74 Å². The number of hydrogen-bond acceptors (Lipinski definition) is 3. The van der Waals surface area contributed by atoms with Gasteiger partial charge in [-0.25, -0.2) is 4.79 Å². The lowest BCUT2D eigenvalue weighted by Crippen LogP contribution is -2.41. The van der Waals surface area contributed by atoms with E-state index in [1.165, 1.54) is 4.90 Å². The van der Waals surface area contributed by atoms with Crippen LogP contribution in [-0.4, -0.2) is 29.5 Å². The Balaban J connectivity index is 2.31. The van der Waals surface area contributed by atoms with E-state index >= 15 is 0 Å². The standard InChI is InChI=1S/C21H26N2O3/c1-15-11-9-10-14-17(15)22-19(24)18(16-12-7-6-8-13-16)23(5)20(25)26-21(2,3)4/h6-14,18H,1-5H3,(H,22,24). The van der Waals surface area contributed by atoms with E-state index < -0.39 is 17.7 Å². The molecule has 0 bridgehead atoms. The molecule has 0 aliphatic rings. The molecule has 2 rings (SSSR count). The van der Waals surface area contributed by atoms with Crippen LogP contribution >= 0.6 is 0 Å². The molecule has 2 amide bonds. The van der Waals surface area contributed by atoms with Crippen LogP contribution in [-0.2, 0) is 9.53 Å². The minimum absolute atomic E-state index is 0.293. The molecule has 2 aromatic carbocycles. The number of amides is 2. The number of carbonyl (C=O) groups is 2. The first-order valence-corrected chi connectivity index (χ1v) is 8.56. The maximum absolute atomic E-state index is 13.0. The third kappa shape index (κ3) is 5.09. The summed E-state index contributed by atoms with van der Waals surface area (Å²) in [5.74, 6) is -0.293. The minimum atomic E-state index is -0.800. The molecule has 5 heteroatoms. The van der Waals surface area contributed by atoms with Gasteiger partial charge in [-0.1, -0.05) is 48.5 Å². The molecule has 0 spiro atoms. The Kier molecular flexibility index (Phi) is 6.03. The zero-order valence-electron chi connectivity index (χ0n) is 15.9. The summed E-state index contributed by atoms with van der Waals surface area (Å²) in [6.07, 6.45) is -0.550. The molecule has 1 N–H and O–H groups in total. The van der Waals surface area contributed by atoms with Crippen LogP contribution in [0.25, 0.3) is 0 Å². The van der Waals surface area contributed by atoms with Crippen LogP contribution in [0.4, 0.5) is 10.5 Å². The smallest absolute Gasteiger partial charge is 0.410 e. The van der Waals surface area contributed by atoms with Gasteiger partial charge in [0.1, 0.15) is 11.6 Å². The van der Waals surface area contributed by atoms with Crippen molar-refractivity contribution in [3.8, 4) is 0 Å². The number of nitrogens with zero attached hydrogens (tertiary/aromatic N) is 1. The van der Waals surface area contributed by atoms with Gasteiger partial charge >= 0.3 is 6.09 Å². The average molecular weight is 354 g/mol. The summed E-state index contributed by atoms with van der Waals surface area (Å²) in [5, 5.41) is 2.92. The second-order valence-electron chi connectivity index (χ2n) is 7.21. The largest absolute Gasteiger partial charge is 0.444 e. The summed E-state index contributed by atoms with van der Waals surface area (Å²) in [6, 6.07) is 15.9. The molecular formula is C21H26N2O3. The third-order valence-corrected chi connectivity index (χ3v) is 3.84. The van der Waals surface area contributed by atoms with Gasteiger partial charge in [-0.3, -0.25) is 9.69 Å². The maximum Gasteiger partial charge on any atom is 0.410 e. The quantitative estimate of drug-likeness (QED) is 0.877. The van der Waals surface area contributed by atoms with Gasteiger partial charge < -0.3 is 10.1 Å². The predicted octanol–water partition coefficient (Wildman–Crippen LogP) is 4.54. The number of rotatable bonds is 4. The Hall–Kier alpha value is -2.82. The van der Waals surface area contributed by atoms with E-state index in [9.17, 15) is 9.59 Å². The molecule has 0 radical (unpaired) electrons. The van der Waals surface area contributed by atoms with E-state index in [-0.39, 0.29) is 5.91 Å². The molecule has 26 heavy (non-hydrogen) atoms. The fraction of sp³-hybridized carbons (Fsp3) is 0.333. The van der Waals surface area contributed by atoms with Gasteiger partial charge in [-0.2, -0.15) is 0 Å². The first-order chi connectivity index (χ1) is 12.2. The molecule has 0 aliphatic heterocycles. The highest BCUT2D eigenvalue weighted by Gasteiger charge is 2.31. The van der Waals surface area contributed by atoms with Crippen molar-refractivity contribution >= 4 is 17.7 Å². The SMILES string of the molecule is Cc1ccccc1NC(=O)C(c1ccccc1)N(C)C(=O)OC(C)(C)C. The highest BCUT2D eigenvalue weighted by atomic mass is 16.6. The first-order valence-electron chi connectivity index (χ1n) is 8.56.